The molecule has 1 aromatic rings. The highest BCUT2D eigenvalue weighted by atomic mass is 32.2. The molecule has 5 heteroatoms. The third-order valence-corrected chi connectivity index (χ3v) is 3.12. The molecule has 16 heavy (non-hydrogen) atoms. The Bertz CT molecular complexity index is 354. The number of aliphatic hydroxyl groups is 1. The SMILES string of the molecule is O=C(OC[C@@H]1OC[C@@H](O)S1)c1ccccc1. The molecule has 2 atom stereocenters. The molecular formula is C11H12O4S. The highest BCUT2D eigenvalue weighted by Crippen LogP contribution is 2.25. The van der Waals surface area contributed by atoms with E-state index in [0.717, 1.165) is 0 Å². The topological polar surface area (TPSA) is 55.8 Å². The summed E-state index contributed by atoms with van der Waals surface area (Å²) in [5.74, 6) is -0.369. The maximum absolute atomic E-state index is 11.5. The van der Waals surface area contributed by atoms with E-state index in [2.05, 4.69) is 0 Å². The predicted molar refractivity (Wildman–Crippen MR) is 60.1 cm³/mol. The molecule has 1 aliphatic rings. The van der Waals surface area contributed by atoms with E-state index in [1.54, 1.807) is 24.3 Å². The summed E-state index contributed by atoms with van der Waals surface area (Å²) < 4.78 is 10.3. The number of aliphatic hydroxyl groups excluding tert-OH is 1. The van der Waals surface area contributed by atoms with Crippen LogP contribution < -0.4 is 0 Å². The van der Waals surface area contributed by atoms with Gasteiger partial charge in [-0.15, -0.1) is 0 Å². The van der Waals surface area contributed by atoms with Gasteiger partial charge in [0.25, 0.3) is 0 Å². The zero-order chi connectivity index (χ0) is 11.4. The number of rotatable bonds is 3. The van der Waals surface area contributed by atoms with Crippen LogP contribution in [0.3, 0.4) is 0 Å². The van der Waals surface area contributed by atoms with E-state index in [4.69, 9.17) is 9.47 Å². The number of hydrogen-bond donors (Lipinski definition) is 1. The van der Waals surface area contributed by atoms with Crippen LogP contribution in [0.15, 0.2) is 30.3 Å². The van der Waals surface area contributed by atoms with Crippen molar-refractivity contribution >= 4 is 17.7 Å². The van der Waals surface area contributed by atoms with Gasteiger partial charge in [-0.25, -0.2) is 4.79 Å². The molecule has 4 nitrogen and oxygen atoms in total. The van der Waals surface area contributed by atoms with Crippen LogP contribution >= 0.6 is 11.8 Å². The summed E-state index contributed by atoms with van der Waals surface area (Å²) in [4.78, 5) is 11.5. The van der Waals surface area contributed by atoms with Crippen molar-refractivity contribution in [1.82, 2.24) is 0 Å². The normalized spacial score (nSPS) is 24.3. The molecule has 1 fully saturated rings. The predicted octanol–water partition coefficient (Wildman–Crippen LogP) is 1.25. The average molecular weight is 240 g/mol. The minimum Gasteiger partial charge on any atom is -0.458 e. The lowest BCUT2D eigenvalue weighted by Crippen LogP contribution is -2.15. The summed E-state index contributed by atoms with van der Waals surface area (Å²) in [6.45, 7) is 0.452. The van der Waals surface area contributed by atoms with Crippen molar-refractivity contribution in [3.8, 4) is 0 Å². The van der Waals surface area contributed by atoms with Gasteiger partial charge < -0.3 is 14.6 Å². The van der Waals surface area contributed by atoms with Gasteiger partial charge in [-0.3, -0.25) is 0 Å². The second-order valence-corrected chi connectivity index (χ2v) is 4.66. The fourth-order valence-corrected chi connectivity index (χ4v) is 2.14. The maximum Gasteiger partial charge on any atom is 0.338 e. The number of carbonyl (C=O) groups excluding carboxylic acids is 1. The molecule has 0 aromatic heterocycles. The third-order valence-electron chi connectivity index (χ3n) is 2.09. The van der Waals surface area contributed by atoms with Crippen molar-refractivity contribution in [2.45, 2.75) is 10.9 Å². The molecule has 1 heterocycles. The van der Waals surface area contributed by atoms with Gasteiger partial charge >= 0.3 is 5.97 Å². The molecular weight excluding hydrogens is 228 g/mol. The highest BCUT2D eigenvalue weighted by molar-refractivity contribution is 8.00. The van der Waals surface area contributed by atoms with Crippen LogP contribution in [0, 0.1) is 0 Å². The van der Waals surface area contributed by atoms with Gasteiger partial charge in [-0.05, 0) is 12.1 Å². The second kappa shape index (κ2) is 5.34. The Morgan fingerprint density at radius 1 is 1.50 bits per heavy atom. The highest BCUT2D eigenvalue weighted by Gasteiger charge is 2.25. The quantitative estimate of drug-likeness (QED) is 0.806. The lowest BCUT2D eigenvalue weighted by molar-refractivity contribution is 0.0225. The van der Waals surface area contributed by atoms with E-state index in [0.29, 0.717) is 5.56 Å². The molecule has 86 valence electrons. The Labute approximate surface area is 97.6 Å². The van der Waals surface area contributed by atoms with Crippen molar-refractivity contribution < 1.29 is 19.4 Å². The van der Waals surface area contributed by atoms with E-state index < -0.39 is 5.44 Å². The fraction of sp³-hybridized carbons (Fsp3) is 0.364. The number of hydrogen-bond acceptors (Lipinski definition) is 5. The van der Waals surface area contributed by atoms with Crippen molar-refractivity contribution in [2.75, 3.05) is 13.2 Å². The van der Waals surface area contributed by atoms with Gasteiger partial charge in [0.1, 0.15) is 17.5 Å². The first-order valence-electron chi connectivity index (χ1n) is 4.93. The van der Waals surface area contributed by atoms with Gasteiger partial charge in [0, 0.05) is 0 Å². The van der Waals surface area contributed by atoms with Gasteiger partial charge in [0.2, 0.25) is 0 Å². The van der Waals surface area contributed by atoms with E-state index in [1.165, 1.54) is 11.8 Å². The van der Waals surface area contributed by atoms with E-state index in [1.807, 2.05) is 6.07 Å². The lowest BCUT2D eigenvalue weighted by Gasteiger charge is -2.09. The van der Waals surface area contributed by atoms with Gasteiger partial charge in [-0.2, -0.15) is 0 Å². The van der Waals surface area contributed by atoms with Gasteiger partial charge in [-0.1, -0.05) is 30.0 Å². The Morgan fingerprint density at radius 2 is 2.25 bits per heavy atom. The zero-order valence-electron chi connectivity index (χ0n) is 8.54. The lowest BCUT2D eigenvalue weighted by atomic mass is 10.2. The number of carbonyl (C=O) groups is 1. The van der Waals surface area contributed by atoms with Crippen LogP contribution in [0.5, 0.6) is 0 Å². The minimum absolute atomic E-state index is 0.162. The summed E-state index contributed by atoms with van der Waals surface area (Å²) in [5, 5.41) is 9.18. The maximum atomic E-state index is 11.5. The zero-order valence-corrected chi connectivity index (χ0v) is 9.35. The molecule has 0 unspecified atom stereocenters. The van der Waals surface area contributed by atoms with Crippen molar-refractivity contribution in [2.24, 2.45) is 0 Å². The van der Waals surface area contributed by atoms with Crippen LogP contribution in [0.4, 0.5) is 0 Å². The van der Waals surface area contributed by atoms with Crippen LogP contribution in [-0.4, -0.2) is 35.2 Å². The van der Waals surface area contributed by atoms with Crippen LogP contribution in [0.1, 0.15) is 10.4 Å². The molecule has 1 N–H and O–H groups in total. The summed E-state index contributed by atoms with van der Waals surface area (Å²) in [6.07, 6.45) is 0. The van der Waals surface area contributed by atoms with E-state index in [9.17, 15) is 9.90 Å². The van der Waals surface area contributed by atoms with Crippen molar-refractivity contribution in [3.05, 3.63) is 35.9 Å². The smallest absolute Gasteiger partial charge is 0.338 e. The minimum atomic E-state index is -0.513. The summed E-state index contributed by atoms with van der Waals surface area (Å²) >= 11 is 1.26. The molecule has 0 radical (unpaired) electrons. The van der Waals surface area contributed by atoms with Crippen molar-refractivity contribution in [1.29, 1.82) is 0 Å². The molecule has 1 saturated heterocycles. The van der Waals surface area contributed by atoms with Crippen molar-refractivity contribution in [3.63, 3.8) is 0 Å². The molecule has 0 spiro atoms. The molecule has 0 bridgehead atoms. The summed E-state index contributed by atoms with van der Waals surface area (Å²) in [7, 11) is 0. The summed E-state index contributed by atoms with van der Waals surface area (Å²) in [6, 6.07) is 8.78. The average Bonchev–Trinajstić information content (AvgIpc) is 2.73. The molecule has 0 aliphatic carbocycles. The van der Waals surface area contributed by atoms with Gasteiger partial charge in [0.05, 0.1) is 12.2 Å². The Morgan fingerprint density at radius 3 is 2.88 bits per heavy atom. The Hall–Kier alpha value is -1.04. The molecule has 1 aromatic carbocycles. The van der Waals surface area contributed by atoms with Gasteiger partial charge in [0.15, 0.2) is 0 Å². The second-order valence-electron chi connectivity index (χ2n) is 3.32. The third kappa shape index (κ3) is 2.98. The first kappa shape index (κ1) is 11.4. The van der Waals surface area contributed by atoms with E-state index in [-0.39, 0.29) is 24.6 Å². The number of benzene rings is 1. The number of esters is 1. The molecule has 1 aliphatic heterocycles. The standard InChI is InChI=1S/C11H12O4S/c12-9-6-14-10(16-9)7-15-11(13)8-4-2-1-3-5-8/h1-5,9-10,12H,6-7H2/t9-,10+/m0/s1. The Balaban J connectivity index is 1.80. The summed E-state index contributed by atoms with van der Waals surface area (Å²) in [5.41, 5.74) is -0.255. The molecule has 0 amide bonds. The first-order valence-corrected chi connectivity index (χ1v) is 5.87. The number of thioether (sulfide) groups is 1. The largest absolute Gasteiger partial charge is 0.458 e. The van der Waals surface area contributed by atoms with Crippen LogP contribution in [0.25, 0.3) is 0 Å². The van der Waals surface area contributed by atoms with Crippen LogP contribution in [0.2, 0.25) is 0 Å². The Kier molecular flexibility index (Phi) is 3.82. The monoisotopic (exact) mass is 240 g/mol. The fourth-order valence-electron chi connectivity index (χ4n) is 1.33. The molecule has 0 saturated carbocycles. The number of ether oxygens (including phenoxy) is 2. The molecule has 2 rings (SSSR count). The van der Waals surface area contributed by atoms with Crippen LogP contribution in [-0.2, 0) is 9.47 Å². The van der Waals surface area contributed by atoms with E-state index >= 15 is 0 Å². The first-order chi connectivity index (χ1) is 7.75.